The van der Waals surface area contributed by atoms with Gasteiger partial charge in [-0.1, -0.05) is 0 Å². The first-order valence-electron chi connectivity index (χ1n) is 6.76. The van der Waals surface area contributed by atoms with Gasteiger partial charge < -0.3 is 16.6 Å². The van der Waals surface area contributed by atoms with E-state index in [9.17, 15) is 9.59 Å². The summed E-state index contributed by atoms with van der Waals surface area (Å²) in [5.41, 5.74) is 10.6. The Bertz CT molecular complexity index is 522. The van der Waals surface area contributed by atoms with Crippen LogP contribution in [0, 0.1) is 45.8 Å². The highest BCUT2D eigenvalue weighted by molar-refractivity contribution is 6.00. The largest absolute Gasteiger partial charge is 0.396 e. The van der Waals surface area contributed by atoms with Crippen molar-refractivity contribution >= 4 is 11.8 Å². The quantitative estimate of drug-likeness (QED) is 0.571. The highest BCUT2D eigenvalue weighted by Gasteiger charge is 3.17. The van der Waals surface area contributed by atoms with Crippen LogP contribution < -0.4 is 11.5 Å². The zero-order chi connectivity index (χ0) is 12.7. The molecule has 6 aliphatic carbocycles. The van der Waals surface area contributed by atoms with Crippen molar-refractivity contribution in [2.24, 2.45) is 57.3 Å². The fourth-order valence-corrected chi connectivity index (χ4v) is 7.84. The summed E-state index contributed by atoms with van der Waals surface area (Å²) in [6, 6.07) is 0. The van der Waals surface area contributed by atoms with Gasteiger partial charge in [-0.05, 0) is 47.8 Å². The van der Waals surface area contributed by atoms with Crippen LogP contribution in [0.4, 0.5) is 0 Å². The second kappa shape index (κ2) is 2.11. The Hall–Kier alpha value is -1.10. The van der Waals surface area contributed by atoms with Crippen LogP contribution in [0.15, 0.2) is 0 Å². The maximum atomic E-state index is 11.9. The van der Waals surface area contributed by atoms with Crippen molar-refractivity contribution in [2.75, 3.05) is 6.61 Å². The van der Waals surface area contributed by atoms with Crippen molar-refractivity contribution < 1.29 is 14.7 Å². The van der Waals surface area contributed by atoms with Gasteiger partial charge in [0.25, 0.3) is 0 Å². The molecule has 5 nitrogen and oxygen atoms in total. The van der Waals surface area contributed by atoms with E-state index in [1.54, 1.807) is 0 Å². The molecule has 6 fully saturated rings. The van der Waals surface area contributed by atoms with Crippen molar-refractivity contribution in [3.8, 4) is 0 Å². The summed E-state index contributed by atoms with van der Waals surface area (Å²) in [5.74, 6) is 1.34. The van der Waals surface area contributed by atoms with Gasteiger partial charge in [-0.25, -0.2) is 0 Å². The lowest BCUT2D eigenvalue weighted by Crippen LogP contribution is -3.16. The zero-order valence-corrected chi connectivity index (χ0v) is 9.93. The number of rotatable bonds is 5. The minimum Gasteiger partial charge on any atom is -0.396 e. The highest BCUT2D eigenvalue weighted by atomic mass is 16.3. The molecule has 5 heteroatoms. The van der Waals surface area contributed by atoms with Gasteiger partial charge in [0, 0.05) is 6.61 Å². The number of hydrogen-bond donors (Lipinski definition) is 3. The molecule has 0 saturated heterocycles. The van der Waals surface area contributed by atoms with Crippen molar-refractivity contribution in [2.45, 2.75) is 12.8 Å². The minimum absolute atomic E-state index is 0.0549. The Balaban J connectivity index is 1.58. The Morgan fingerprint density at radius 1 is 1.06 bits per heavy atom. The van der Waals surface area contributed by atoms with Gasteiger partial charge in [-0.15, -0.1) is 0 Å². The zero-order valence-electron chi connectivity index (χ0n) is 9.93. The third kappa shape index (κ3) is 0.419. The van der Waals surface area contributed by atoms with Crippen LogP contribution in [0.3, 0.4) is 0 Å². The predicted molar refractivity (Wildman–Crippen MR) is 59.5 cm³/mol. The van der Waals surface area contributed by atoms with Gasteiger partial charge >= 0.3 is 0 Å². The Kier molecular flexibility index (Phi) is 1.15. The minimum atomic E-state index is -0.306. The fourth-order valence-electron chi connectivity index (χ4n) is 7.84. The number of carbonyl (C=O) groups excluding carboxylic acids is 2. The molecule has 0 aliphatic heterocycles. The number of aliphatic hydroxyl groups is 1. The maximum absolute atomic E-state index is 11.9. The van der Waals surface area contributed by atoms with E-state index in [0.29, 0.717) is 36.0 Å². The van der Waals surface area contributed by atoms with Crippen LogP contribution >= 0.6 is 0 Å². The fraction of sp³-hybridized carbons (Fsp3) is 0.846. The Labute approximate surface area is 104 Å². The molecule has 6 rings (SSSR count). The summed E-state index contributed by atoms with van der Waals surface area (Å²) in [7, 11) is 0. The average Bonchev–Trinajstić information content (AvgIpc) is 2.34. The summed E-state index contributed by atoms with van der Waals surface area (Å²) < 4.78 is 0. The molecular weight excluding hydrogens is 232 g/mol. The molecule has 4 unspecified atom stereocenters. The third-order valence-corrected chi connectivity index (χ3v) is 7.59. The van der Waals surface area contributed by atoms with E-state index >= 15 is 0 Å². The van der Waals surface area contributed by atoms with E-state index in [0.717, 1.165) is 6.42 Å². The van der Waals surface area contributed by atoms with Crippen LogP contribution in [0.25, 0.3) is 0 Å². The first kappa shape index (κ1) is 9.78. The standard InChI is InChI=1S/C13H16N2O3/c14-9(17)12-4-5-7(12)11(2-1-3-16)8(12)6(4)13(5,11)10(15)18/h4-8,16H,1-3H2,(H2,14,17)(H2,15,18). The monoisotopic (exact) mass is 248 g/mol. The van der Waals surface area contributed by atoms with Crippen LogP contribution in [-0.4, -0.2) is 23.5 Å². The molecule has 96 valence electrons. The van der Waals surface area contributed by atoms with E-state index in [1.807, 2.05) is 0 Å². The van der Waals surface area contributed by atoms with Gasteiger partial charge in [0.1, 0.15) is 0 Å². The van der Waals surface area contributed by atoms with Gasteiger partial charge in [-0.3, -0.25) is 9.59 Å². The molecule has 0 aromatic rings. The number of primary amides is 2. The molecule has 0 bridgehead atoms. The molecule has 18 heavy (non-hydrogen) atoms. The summed E-state index contributed by atoms with van der Waals surface area (Å²) in [6.07, 6.45) is 1.53. The molecule has 0 aromatic carbocycles. The van der Waals surface area contributed by atoms with E-state index in [1.165, 1.54) is 0 Å². The van der Waals surface area contributed by atoms with E-state index in [2.05, 4.69) is 0 Å². The normalized spacial score (nSPS) is 66.6. The van der Waals surface area contributed by atoms with Crippen LogP contribution in [0.5, 0.6) is 0 Å². The van der Waals surface area contributed by atoms with Crippen molar-refractivity contribution in [3.05, 3.63) is 0 Å². The molecule has 0 heterocycles. The molecule has 2 amide bonds. The summed E-state index contributed by atoms with van der Waals surface area (Å²) in [5, 5.41) is 9.03. The number of nitrogens with two attached hydrogens (primary N) is 2. The van der Waals surface area contributed by atoms with Gasteiger partial charge in [0.15, 0.2) is 0 Å². The summed E-state index contributed by atoms with van der Waals surface area (Å²) in [6.45, 7) is 0.137. The van der Waals surface area contributed by atoms with E-state index < -0.39 is 0 Å². The molecule has 0 spiro atoms. The molecular formula is C13H16N2O3. The molecule has 6 saturated carbocycles. The summed E-state index contributed by atoms with van der Waals surface area (Å²) >= 11 is 0. The van der Waals surface area contributed by atoms with Crippen molar-refractivity contribution in [1.29, 1.82) is 0 Å². The number of aliphatic hydroxyl groups excluding tert-OH is 1. The molecule has 0 aromatic heterocycles. The van der Waals surface area contributed by atoms with Crippen LogP contribution in [0.1, 0.15) is 12.8 Å². The molecule has 5 N–H and O–H groups in total. The lowest BCUT2D eigenvalue weighted by Gasteiger charge is -3.14. The first-order chi connectivity index (χ1) is 8.55. The van der Waals surface area contributed by atoms with Crippen molar-refractivity contribution in [1.82, 2.24) is 0 Å². The van der Waals surface area contributed by atoms with Gasteiger partial charge in [0.2, 0.25) is 11.8 Å². The molecule has 4 atom stereocenters. The van der Waals surface area contributed by atoms with Crippen LogP contribution in [0.2, 0.25) is 0 Å². The predicted octanol–water partition coefficient (Wildman–Crippen LogP) is -1.16. The molecule has 0 radical (unpaired) electrons. The Morgan fingerprint density at radius 3 is 2.11 bits per heavy atom. The number of carbonyl (C=O) groups is 2. The van der Waals surface area contributed by atoms with E-state index in [-0.39, 0.29) is 34.7 Å². The first-order valence-corrected chi connectivity index (χ1v) is 6.76. The number of hydrogen-bond acceptors (Lipinski definition) is 3. The van der Waals surface area contributed by atoms with Crippen LogP contribution in [-0.2, 0) is 9.59 Å². The highest BCUT2D eigenvalue weighted by Crippen LogP contribution is 3.15. The van der Waals surface area contributed by atoms with Crippen molar-refractivity contribution in [3.63, 3.8) is 0 Å². The second-order valence-electron chi connectivity index (χ2n) is 6.93. The smallest absolute Gasteiger partial charge is 0.224 e. The summed E-state index contributed by atoms with van der Waals surface area (Å²) in [4.78, 5) is 23.6. The van der Waals surface area contributed by atoms with E-state index in [4.69, 9.17) is 16.6 Å². The molecule has 6 aliphatic rings. The topological polar surface area (TPSA) is 106 Å². The maximum Gasteiger partial charge on any atom is 0.224 e. The lowest BCUT2D eigenvalue weighted by molar-refractivity contribution is -0.670. The van der Waals surface area contributed by atoms with Gasteiger partial charge in [0.05, 0.1) is 10.8 Å². The van der Waals surface area contributed by atoms with Gasteiger partial charge in [-0.2, -0.15) is 0 Å². The SMILES string of the molecule is NC(=O)C12C3C4C1C1(CCCO)C2C3C41C(N)=O. The average molecular weight is 248 g/mol. The third-order valence-electron chi connectivity index (χ3n) is 7.59. The lowest BCUT2D eigenvalue weighted by atomic mass is 8.87. The number of amides is 2. The Morgan fingerprint density at radius 2 is 1.67 bits per heavy atom. The second-order valence-corrected chi connectivity index (χ2v) is 6.93.